The Balaban J connectivity index is 1.64. The molecule has 0 fully saturated rings. The van der Waals surface area contributed by atoms with Gasteiger partial charge in [0.2, 0.25) is 0 Å². The molecule has 0 spiro atoms. The average Bonchev–Trinajstić information content (AvgIpc) is 2.82. The van der Waals surface area contributed by atoms with Gasteiger partial charge in [-0.15, -0.1) is 0 Å². The first-order valence-electron chi connectivity index (χ1n) is 11.7. The molecule has 0 N–H and O–H groups in total. The van der Waals surface area contributed by atoms with E-state index in [1.54, 1.807) is 12.4 Å². The molecule has 2 nitrogen and oxygen atoms in total. The molecule has 0 aliphatic heterocycles. The molecule has 3 aromatic rings. The maximum Gasteiger partial charge on any atom is 0.131 e. The first-order chi connectivity index (χ1) is 15.7. The Morgan fingerprint density at radius 1 is 0.750 bits per heavy atom. The lowest BCUT2D eigenvalue weighted by molar-refractivity contribution is 0.631. The smallest absolute Gasteiger partial charge is 0.131 e. The van der Waals surface area contributed by atoms with Crippen molar-refractivity contribution in [2.45, 2.75) is 58.8 Å². The van der Waals surface area contributed by atoms with Gasteiger partial charge in [-0.3, -0.25) is 0 Å². The van der Waals surface area contributed by atoms with Crippen molar-refractivity contribution >= 4 is 12.4 Å². The van der Waals surface area contributed by atoms with Crippen LogP contribution in [0.15, 0.2) is 76.9 Å². The van der Waals surface area contributed by atoms with E-state index < -0.39 is 0 Å². The average molecular weight is 429 g/mol. The normalized spacial score (nSPS) is 11.6. The number of halogens is 1. The monoisotopic (exact) mass is 428 g/mol. The van der Waals surface area contributed by atoms with E-state index in [1.807, 2.05) is 36.4 Å². The Morgan fingerprint density at radius 3 is 2.25 bits per heavy atom. The van der Waals surface area contributed by atoms with E-state index in [0.29, 0.717) is 11.1 Å². The van der Waals surface area contributed by atoms with Gasteiger partial charge in [0.25, 0.3) is 0 Å². The summed E-state index contributed by atoms with van der Waals surface area (Å²) in [6, 6.07) is 21.7. The molecule has 0 radical (unpaired) electrons. The van der Waals surface area contributed by atoms with Crippen LogP contribution in [0.25, 0.3) is 11.1 Å². The highest BCUT2D eigenvalue weighted by molar-refractivity contribution is 5.84. The van der Waals surface area contributed by atoms with Gasteiger partial charge >= 0.3 is 0 Å². The molecule has 166 valence electrons. The number of hydrogen-bond acceptors (Lipinski definition) is 2. The van der Waals surface area contributed by atoms with E-state index in [0.717, 1.165) is 36.8 Å². The zero-order valence-corrected chi connectivity index (χ0v) is 19.2. The van der Waals surface area contributed by atoms with Gasteiger partial charge < -0.3 is 0 Å². The van der Waals surface area contributed by atoms with Crippen LogP contribution < -0.4 is 0 Å². The maximum absolute atomic E-state index is 14.7. The minimum atomic E-state index is -0.249. The number of rotatable bonds is 11. The number of nitrogens with zero attached hydrogens (tertiary/aromatic N) is 2. The molecule has 0 atom stereocenters. The van der Waals surface area contributed by atoms with Crippen LogP contribution in [0.1, 0.15) is 68.2 Å². The topological polar surface area (TPSA) is 24.7 Å². The highest BCUT2D eigenvalue weighted by atomic mass is 19.1. The Kier molecular flexibility index (Phi) is 9.37. The van der Waals surface area contributed by atoms with Crippen molar-refractivity contribution in [1.29, 1.82) is 0 Å². The second-order valence-electron chi connectivity index (χ2n) is 8.18. The molecule has 3 rings (SSSR count). The summed E-state index contributed by atoms with van der Waals surface area (Å²) in [5.74, 6) is -0.249. The standard InChI is InChI=1S/C29H33FN2/c1-3-5-7-10-23-14-17-26(18-15-23)28-19-16-24(20-29(28)30)21-31-32-22-27-13-9-8-12-25(27)11-6-4-2/h8-9,12-22H,3-7,10-11H2,1-2H3. The molecular weight excluding hydrogens is 395 g/mol. The molecule has 0 aliphatic carbocycles. The molecular formula is C29H33FN2. The fraction of sp³-hybridized carbons (Fsp3) is 0.310. The maximum atomic E-state index is 14.7. The highest BCUT2D eigenvalue weighted by Gasteiger charge is 2.06. The summed E-state index contributed by atoms with van der Waals surface area (Å²) in [5.41, 5.74) is 5.86. The molecule has 0 saturated carbocycles. The Labute approximate surface area is 191 Å². The van der Waals surface area contributed by atoms with Gasteiger partial charge in [-0.1, -0.05) is 93.8 Å². The van der Waals surface area contributed by atoms with Crippen molar-refractivity contribution in [2.75, 3.05) is 0 Å². The number of unbranched alkanes of at least 4 members (excludes halogenated alkanes) is 3. The fourth-order valence-corrected chi connectivity index (χ4v) is 3.73. The molecule has 32 heavy (non-hydrogen) atoms. The van der Waals surface area contributed by atoms with Crippen LogP contribution >= 0.6 is 0 Å². The molecule has 0 saturated heterocycles. The third kappa shape index (κ3) is 6.98. The number of aryl methyl sites for hydroxylation is 2. The minimum Gasteiger partial charge on any atom is -0.206 e. The zero-order chi connectivity index (χ0) is 22.6. The molecule has 0 heterocycles. The molecule has 3 heteroatoms. The van der Waals surface area contributed by atoms with Crippen LogP contribution in [0.3, 0.4) is 0 Å². The van der Waals surface area contributed by atoms with Crippen molar-refractivity contribution in [3.63, 3.8) is 0 Å². The fourth-order valence-electron chi connectivity index (χ4n) is 3.73. The van der Waals surface area contributed by atoms with Crippen LogP contribution in [0, 0.1) is 5.82 Å². The second kappa shape index (κ2) is 12.7. The summed E-state index contributed by atoms with van der Waals surface area (Å²) >= 11 is 0. The van der Waals surface area contributed by atoms with E-state index in [9.17, 15) is 4.39 Å². The van der Waals surface area contributed by atoms with Gasteiger partial charge in [0.1, 0.15) is 5.82 Å². The SMILES string of the molecule is CCCCCc1ccc(-c2ccc(C=NN=Cc3ccccc3CCCC)cc2F)cc1. The van der Waals surface area contributed by atoms with Crippen molar-refractivity contribution in [1.82, 2.24) is 0 Å². The summed E-state index contributed by atoms with van der Waals surface area (Å²) in [6.45, 7) is 4.40. The largest absolute Gasteiger partial charge is 0.206 e. The zero-order valence-electron chi connectivity index (χ0n) is 19.2. The van der Waals surface area contributed by atoms with Crippen LogP contribution in [0.2, 0.25) is 0 Å². The predicted molar refractivity (Wildman–Crippen MR) is 135 cm³/mol. The van der Waals surface area contributed by atoms with Gasteiger partial charge in [-0.2, -0.15) is 10.2 Å². The Bertz CT molecular complexity index is 1040. The lowest BCUT2D eigenvalue weighted by atomic mass is 10.00. The van der Waals surface area contributed by atoms with Crippen molar-refractivity contribution in [2.24, 2.45) is 10.2 Å². The Morgan fingerprint density at radius 2 is 1.50 bits per heavy atom. The second-order valence-corrected chi connectivity index (χ2v) is 8.18. The lowest BCUT2D eigenvalue weighted by Crippen LogP contribution is -1.92. The molecule has 0 aliphatic rings. The number of benzene rings is 3. The van der Waals surface area contributed by atoms with E-state index in [2.05, 4.69) is 48.3 Å². The summed E-state index contributed by atoms with van der Waals surface area (Å²) in [4.78, 5) is 0. The quantitative estimate of drug-likeness (QED) is 0.168. The molecule has 0 unspecified atom stereocenters. The van der Waals surface area contributed by atoms with E-state index in [4.69, 9.17) is 0 Å². The predicted octanol–water partition coefficient (Wildman–Crippen LogP) is 8.02. The van der Waals surface area contributed by atoms with Crippen molar-refractivity contribution < 1.29 is 4.39 Å². The molecule has 0 bridgehead atoms. The summed E-state index contributed by atoms with van der Waals surface area (Å²) < 4.78 is 14.7. The summed E-state index contributed by atoms with van der Waals surface area (Å²) in [7, 11) is 0. The number of hydrogen-bond donors (Lipinski definition) is 0. The molecule has 0 amide bonds. The summed E-state index contributed by atoms with van der Waals surface area (Å²) in [6.07, 6.45) is 11.5. The lowest BCUT2D eigenvalue weighted by Gasteiger charge is -2.06. The van der Waals surface area contributed by atoms with Crippen LogP contribution in [-0.2, 0) is 12.8 Å². The van der Waals surface area contributed by atoms with Gasteiger partial charge in [0.05, 0.1) is 12.4 Å². The minimum absolute atomic E-state index is 0.249. The van der Waals surface area contributed by atoms with Gasteiger partial charge in [0, 0.05) is 5.56 Å². The van der Waals surface area contributed by atoms with Crippen molar-refractivity contribution in [3.8, 4) is 11.1 Å². The van der Waals surface area contributed by atoms with Gasteiger partial charge in [0.15, 0.2) is 0 Å². The van der Waals surface area contributed by atoms with E-state index >= 15 is 0 Å². The van der Waals surface area contributed by atoms with Crippen LogP contribution in [0.5, 0.6) is 0 Å². The Hall–Kier alpha value is -3.07. The first-order valence-corrected chi connectivity index (χ1v) is 11.7. The van der Waals surface area contributed by atoms with Crippen molar-refractivity contribution in [3.05, 3.63) is 94.8 Å². The molecule has 3 aromatic carbocycles. The van der Waals surface area contributed by atoms with Gasteiger partial charge in [-0.05, 0) is 59.6 Å². The molecule has 0 aromatic heterocycles. The van der Waals surface area contributed by atoms with Gasteiger partial charge in [-0.25, -0.2) is 4.39 Å². The van der Waals surface area contributed by atoms with Crippen LogP contribution in [-0.4, -0.2) is 12.4 Å². The third-order valence-electron chi connectivity index (χ3n) is 5.65. The van der Waals surface area contributed by atoms with E-state index in [-0.39, 0.29) is 5.82 Å². The summed E-state index contributed by atoms with van der Waals surface area (Å²) in [5, 5.41) is 8.30. The third-order valence-corrected chi connectivity index (χ3v) is 5.65. The highest BCUT2D eigenvalue weighted by Crippen LogP contribution is 2.24. The van der Waals surface area contributed by atoms with Crippen LogP contribution in [0.4, 0.5) is 4.39 Å². The first kappa shape index (κ1) is 23.6. The van der Waals surface area contributed by atoms with E-state index in [1.165, 1.54) is 36.5 Å².